The van der Waals surface area contributed by atoms with Crippen LogP contribution in [0.3, 0.4) is 0 Å². The van der Waals surface area contributed by atoms with Crippen LogP contribution in [-0.2, 0) is 30.9 Å². The molecule has 0 aromatic heterocycles. The van der Waals surface area contributed by atoms with E-state index in [4.69, 9.17) is 0 Å². The quantitative estimate of drug-likeness (QED) is 0.433. The first-order valence-corrected chi connectivity index (χ1v) is 14.5. The lowest BCUT2D eigenvalue weighted by atomic mass is 10.1. The second-order valence-corrected chi connectivity index (χ2v) is 12.2. The molecule has 0 spiro atoms. The Hall–Kier alpha value is -2.76. The Balaban J connectivity index is 1.42. The monoisotopic (exact) mass is 506 g/mol. The zero-order chi connectivity index (χ0) is 24.8. The molecular formula is C23H30N4O5S2. The summed E-state index contributed by atoms with van der Waals surface area (Å²) in [4.78, 5) is 18.3. The summed E-state index contributed by atoms with van der Waals surface area (Å²) in [5.74, 6) is 0.436. The van der Waals surface area contributed by atoms with Gasteiger partial charge in [-0.1, -0.05) is 30.3 Å². The van der Waals surface area contributed by atoms with Crippen molar-refractivity contribution in [1.29, 1.82) is 0 Å². The molecule has 0 radical (unpaired) electrons. The molecule has 1 aliphatic rings. The molecule has 3 rings (SSSR count). The van der Waals surface area contributed by atoms with Crippen molar-refractivity contribution < 1.29 is 21.6 Å². The molecule has 0 aliphatic carbocycles. The molecule has 0 saturated heterocycles. The summed E-state index contributed by atoms with van der Waals surface area (Å²) in [6, 6.07) is 13.4. The summed E-state index contributed by atoms with van der Waals surface area (Å²) in [6.45, 7) is 2.40. The van der Waals surface area contributed by atoms with Gasteiger partial charge in [0.15, 0.2) is 19.7 Å². The number of nitrogens with zero attached hydrogens (tertiary/aromatic N) is 2. The van der Waals surface area contributed by atoms with Crippen LogP contribution in [0.5, 0.6) is 0 Å². The summed E-state index contributed by atoms with van der Waals surface area (Å²) >= 11 is 0. The van der Waals surface area contributed by atoms with Gasteiger partial charge in [0.2, 0.25) is 5.91 Å². The third-order valence-electron chi connectivity index (χ3n) is 5.46. The second kappa shape index (κ2) is 11.1. The van der Waals surface area contributed by atoms with Crippen LogP contribution in [0.25, 0.3) is 0 Å². The number of amides is 1. The number of likely N-dealkylation sites (N-methyl/N-ethyl adjacent to an activating group) is 1. The van der Waals surface area contributed by atoms with Crippen LogP contribution in [0.1, 0.15) is 17.5 Å². The van der Waals surface area contributed by atoms with Gasteiger partial charge in [-0.15, -0.1) is 0 Å². The van der Waals surface area contributed by atoms with Crippen LogP contribution in [0, 0.1) is 0 Å². The fourth-order valence-corrected chi connectivity index (χ4v) is 5.33. The molecule has 1 aliphatic heterocycles. The molecule has 2 aromatic carbocycles. The fraction of sp³-hybridized carbons (Fsp3) is 0.391. The minimum absolute atomic E-state index is 0.0519. The van der Waals surface area contributed by atoms with Gasteiger partial charge in [0, 0.05) is 44.9 Å². The molecule has 0 fully saturated rings. The van der Waals surface area contributed by atoms with Crippen LogP contribution in [0.4, 0.5) is 0 Å². The van der Waals surface area contributed by atoms with E-state index in [1.54, 1.807) is 11.9 Å². The molecule has 0 bridgehead atoms. The number of rotatable bonds is 11. The maximum Gasteiger partial charge on any atom is 0.223 e. The Morgan fingerprint density at radius 2 is 1.79 bits per heavy atom. The zero-order valence-corrected chi connectivity index (χ0v) is 21.0. The average Bonchev–Trinajstić information content (AvgIpc) is 3.35. The normalized spacial score (nSPS) is 13.9. The van der Waals surface area contributed by atoms with Crippen LogP contribution >= 0.6 is 0 Å². The summed E-state index contributed by atoms with van der Waals surface area (Å²) in [7, 11) is -5.51. The van der Waals surface area contributed by atoms with E-state index in [2.05, 4.69) is 15.6 Å². The predicted molar refractivity (Wildman–Crippen MR) is 131 cm³/mol. The summed E-state index contributed by atoms with van der Waals surface area (Å²) in [6.07, 6.45) is 1.89. The molecule has 0 atom stereocenters. The van der Waals surface area contributed by atoms with E-state index >= 15 is 0 Å². The lowest BCUT2D eigenvalue weighted by molar-refractivity contribution is -0.129. The van der Waals surface area contributed by atoms with Crippen molar-refractivity contribution in [2.45, 2.75) is 22.6 Å². The van der Waals surface area contributed by atoms with Crippen molar-refractivity contribution in [3.63, 3.8) is 0 Å². The van der Waals surface area contributed by atoms with Gasteiger partial charge >= 0.3 is 0 Å². The van der Waals surface area contributed by atoms with Crippen LogP contribution < -0.4 is 10.6 Å². The number of hydrogen-bond donors (Lipinski definition) is 2. The highest BCUT2D eigenvalue weighted by Gasteiger charge is 2.17. The predicted octanol–water partition coefficient (Wildman–Crippen LogP) is 0.852. The minimum atomic E-state index is -3.73. The molecule has 34 heavy (non-hydrogen) atoms. The SMILES string of the molecule is CN(CCc1ccc(C2=NCCN2)cc1)C(=O)CCNCS(=O)(=O)c1cccc(S(C)(=O)=O)c1. The third-order valence-corrected chi connectivity index (χ3v) is 8.13. The van der Waals surface area contributed by atoms with Gasteiger partial charge in [-0.2, -0.15) is 0 Å². The molecule has 1 heterocycles. The van der Waals surface area contributed by atoms with E-state index in [0.717, 1.165) is 42.4 Å². The van der Waals surface area contributed by atoms with Crippen molar-refractivity contribution in [3.05, 3.63) is 59.7 Å². The van der Waals surface area contributed by atoms with Gasteiger partial charge in [-0.3, -0.25) is 9.79 Å². The number of nitrogens with one attached hydrogen (secondary N) is 2. The molecule has 1 amide bonds. The first kappa shape index (κ1) is 25.9. The van der Waals surface area contributed by atoms with Gasteiger partial charge in [-0.25, -0.2) is 16.8 Å². The molecule has 2 aromatic rings. The maximum absolute atomic E-state index is 12.5. The Morgan fingerprint density at radius 3 is 2.44 bits per heavy atom. The van der Waals surface area contributed by atoms with Crippen molar-refractivity contribution in [2.75, 3.05) is 45.4 Å². The molecular weight excluding hydrogens is 476 g/mol. The van der Waals surface area contributed by atoms with Gasteiger partial charge in [0.05, 0.1) is 16.3 Å². The highest BCUT2D eigenvalue weighted by atomic mass is 32.2. The third kappa shape index (κ3) is 7.12. The van der Waals surface area contributed by atoms with Gasteiger partial charge < -0.3 is 15.5 Å². The summed E-state index contributed by atoms with van der Waals surface area (Å²) < 4.78 is 48.3. The molecule has 0 unspecified atom stereocenters. The zero-order valence-electron chi connectivity index (χ0n) is 19.3. The molecule has 0 saturated carbocycles. The standard InChI is InChI=1S/C23H30N4O5S2/c1-27(15-11-18-6-8-19(9-7-18)23-25-13-14-26-23)22(28)10-12-24-17-34(31,32)21-5-3-4-20(16-21)33(2,29)30/h3-9,16,24H,10-15,17H2,1-2H3,(H,25,26). The number of carbonyl (C=O) groups is 1. The fourth-order valence-electron chi connectivity index (χ4n) is 3.42. The van der Waals surface area contributed by atoms with E-state index in [0.29, 0.717) is 13.0 Å². The van der Waals surface area contributed by atoms with E-state index in [1.165, 1.54) is 18.2 Å². The molecule has 2 N–H and O–H groups in total. The number of sulfone groups is 2. The van der Waals surface area contributed by atoms with E-state index in [9.17, 15) is 21.6 Å². The summed E-state index contributed by atoms with van der Waals surface area (Å²) in [5.41, 5.74) is 2.16. The first-order valence-electron chi connectivity index (χ1n) is 10.9. The van der Waals surface area contributed by atoms with Gasteiger partial charge in [-0.05, 0) is 30.2 Å². The van der Waals surface area contributed by atoms with Crippen molar-refractivity contribution in [2.24, 2.45) is 4.99 Å². The smallest absolute Gasteiger partial charge is 0.223 e. The number of hydrogen-bond acceptors (Lipinski definition) is 8. The molecule has 11 heteroatoms. The van der Waals surface area contributed by atoms with Crippen LogP contribution in [-0.4, -0.2) is 78.8 Å². The second-order valence-electron chi connectivity index (χ2n) is 8.18. The van der Waals surface area contributed by atoms with Crippen molar-refractivity contribution in [1.82, 2.24) is 15.5 Å². The average molecular weight is 507 g/mol. The van der Waals surface area contributed by atoms with Crippen LogP contribution in [0.15, 0.2) is 63.3 Å². The number of amidine groups is 1. The number of aliphatic imine (C=N–C) groups is 1. The Kier molecular flexibility index (Phi) is 8.45. The Labute approximate surface area is 201 Å². The Bertz CT molecular complexity index is 1260. The Morgan fingerprint density at radius 1 is 1.09 bits per heavy atom. The van der Waals surface area contributed by atoms with E-state index in [1.807, 2.05) is 24.3 Å². The maximum atomic E-state index is 12.5. The number of carbonyl (C=O) groups excluding carboxylic acids is 1. The van der Waals surface area contributed by atoms with Crippen molar-refractivity contribution in [3.8, 4) is 0 Å². The van der Waals surface area contributed by atoms with E-state index in [-0.39, 0.29) is 34.5 Å². The number of benzene rings is 2. The lowest BCUT2D eigenvalue weighted by Crippen LogP contribution is -2.32. The minimum Gasteiger partial charge on any atom is -0.368 e. The van der Waals surface area contributed by atoms with E-state index < -0.39 is 19.7 Å². The van der Waals surface area contributed by atoms with Gasteiger partial charge in [0.25, 0.3) is 0 Å². The first-order chi connectivity index (χ1) is 16.1. The van der Waals surface area contributed by atoms with Crippen LogP contribution in [0.2, 0.25) is 0 Å². The molecule has 184 valence electrons. The highest BCUT2D eigenvalue weighted by Crippen LogP contribution is 2.16. The van der Waals surface area contributed by atoms with Gasteiger partial charge in [0.1, 0.15) is 11.7 Å². The van der Waals surface area contributed by atoms with Crippen molar-refractivity contribution >= 4 is 31.4 Å². The lowest BCUT2D eigenvalue weighted by Gasteiger charge is -2.17. The summed E-state index contributed by atoms with van der Waals surface area (Å²) in [5, 5.41) is 6.01. The largest absolute Gasteiger partial charge is 0.368 e. The highest BCUT2D eigenvalue weighted by molar-refractivity contribution is 7.92. The topological polar surface area (TPSA) is 125 Å². The molecule has 9 nitrogen and oxygen atoms in total.